The lowest BCUT2D eigenvalue weighted by atomic mass is 9.77. The molecule has 3 fully saturated rings. The van der Waals surface area contributed by atoms with Gasteiger partial charge < -0.3 is 97.1 Å². The molecule has 0 aliphatic carbocycles. The van der Waals surface area contributed by atoms with Gasteiger partial charge in [-0.15, -0.1) is 0 Å². The number of benzene rings is 3. The Kier molecular flexibility index (Phi) is 28.6. The fraction of sp³-hybridized carbons (Fsp3) is 0.547. The number of amides is 10. The molecule has 1 spiro atoms. The van der Waals surface area contributed by atoms with Gasteiger partial charge in [0.2, 0.25) is 59.1 Å². The van der Waals surface area contributed by atoms with E-state index >= 15 is 0 Å². The number of aliphatic hydroxyl groups is 1. The lowest BCUT2D eigenvalue weighted by Crippen LogP contribution is -2.61. The number of unbranched alkanes of at least 4 members (excludes halogenated alkanes) is 1. The Morgan fingerprint density at radius 1 is 0.611 bits per heavy atom. The van der Waals surface area contributed by atoms with Crippen LogP contribution in [0.4, 0.5) is 5.69 Å². The maximum Gasteiger partial charge on any atom is 0.340 e. The number of thiocarbonyl (C=S) groups is 1. The Bertz CT molecular complexity index is 3880. The summed E-state index contributed by atoms with van der Waals surface area (Å²) < 4.78 is 12.3. The van der Waals surface area contributed by atoms with Gasteiger partial charge in [0.05, 0.1) is 24.8 Å². The maximum atomic E-state index is 14.6. The number of nitrogens with one attached hydrogen (secondary N) is 6. The number of phenolic OH excluding ortho intramolecular Hbond substituents is 2. The Morgan fingerprint density at radius 2 is 1.18 bits per heavy atom. The molecule has 0 saturated carbocycles. The van der Waals surface area contributed by atoms with Crippen LogP contribution >= 0.6 is 12.2 Å². The zero-order valence-electron chi connectivity index (χ0n) is 60.8. The lowest BCUT2D eigenvalue weighted by Gasteiger charge is -2.36. The first-order valence-corrected chi connectivity index (χ1v) is 37.6. The monoisotopic (exact) mass is 1520 g/mol. The van der Waals surface area contributed by atoms with Crippen LogP contribution in [-0.2, 0) is 67.9 Å². The second-order valence-electron chi connectivity index (χ2n) is 28.3. The molecule has 0 unspecified atom stereocenters. The molecule has 9 rings (SSSR count). The van der Waals surface area contributed by atoms with Gasteiger partial charge in [-0.1, -0.05) is 44.3 Å². The van der Waals surface area contributed by atoms with Crippen LogP contribution in [-0.4, -0.2) is 233 Å². The summed E-state index contributed by atoms with van der Waals surface area (Å²) in [6, 6.07) is 4.43. The number of allylic oxidation sites excluding steroid dienone is 1. The molecule has 6 aliphatic heterocycles. The highest BCUT2D eigenvalue weighted by atomic mass is 32.1. The highest BCUT2D eigenvalue weighted by Crippen LogP contribution is 2.57. The predicted molar refractivity (Wildman–Crippen MR) is 392 cm³/mol. The standard InChI is InChI=1S/C75H98N12O20S/c1-44-69(101)87-38-18-21-57(87)72(104)86-37-17-19-55(86)66(98)81-53(29-31-63(94)95)70(102)84(42-60(76)91)35-15-11-9-7-5-3-4-6-8-10-14-34-83(43-61(92)80-54(30-32-64(96)97)71(103)85-36-16-20-56(85)67(99)82-65(45(2)88)68(100)78-44)62(93)22-12-13-33-77-74(108)79-46-23-26-49-52(39-46)75(107-73(49)105)50-27-24-47(89)40-58(50)106-59-41-48(90)25-28-51(59)75/h8,10,23-28,39-41,44-45,53-57,65,88-90H,3-7,9,11-22,29-38,42-43H2,1-2H3,(H2,76,91)(H,78,100)(H,80,92)(H,81,98)(H,82,99)(H,94,95)(H,96,97)(H2,77,79,108)/b10-8-/t44-,45+,53-,54-,55-,56-,57-,65-/m0/s1. The van der Waals surface area contributed by atoms with Crippen LogP contribution in [0.3, 0.4) is 0 Å². The minimum absolute atomic E-state index is 0.0171. The average molecular weight is 1520 g/mol. The van der Waals surface area contributed by atoms with E-state index in [4.69, 9.17) is 27.4 Å². The zero-order chi connectivity index (χ0) is 77.9. The Balaban J connectivity index is 0.868. The summed E-state index contributed by atoms with van der Waals surface area (Å²) in [5, 5.41) is 68.0. The summed E-state index contributed by atoms with van der Waals surface area (Å²) in [5.74, 6) is -10.3. The van der Waals surface area contributed by atoms with Gasteiger partial charge in [0, 0.05) is 93.0 Å². The van der Waals surface area contributed by atoms with E-state index in [-0.39, 0.29) is 105 Å². The van der Waals surface area contributed by atoms with Gasteiger partial charge in [0.1, 0.15) is 65.3 Å². The third-order valence-corrected chi connectivity index (χ3v) is 20.6. The van der Waals surface area contributed by atoms with Crippen molar-refractivity contribution in [1.29, 1.82) is 0 Å². The number of esters is 1. The number of hydrogen-bond donors (Lipinski definition) is 12. The van der Waals surface area contributed by atoms with Crippen LogP contribution in [0.25, 0.3) is 0 Å². The van der Waals surface area contributed by atoms with Crippen molar-refractivity contribution in [2.75, 3.05) is 57.7 Å². The molecule has 0 bridgehead atoms. The summed E-state index contributed by atoms with van der Waals surface area (Å²) in [4.78, 5) is 184. The molecule has 8 atom stereocenters. The van der Waals surface area contributed by atoms with Crippen LogP contribution in [0.2, 0.25) is 0 Å². The van der Waals surface area contributed by atoms with Crippen molar-refractivity contribution in [1.82, 2.24) is 51.1 Å². The number of rotatable bonds is 15. The molecule has 32 nitrogen and oxygen atoms in total. The number of carbonyl (C=O) groups is 13. The number of aliphatic hydroxyl groups excluding tert-OH is 1. The van der Waals surface area contributed by atoms with Crippen molar-refractivity contribution in [3.63, 3.8) is 0 Å². The van der Waals surface area contributed by atoms with Crippen LogP contribution < -0.4 is 42.4 Å². The number of anilines is 1. The largest absolute Gasteiger partial charge is 0.508 e. The Morgan fingerprint density at radius 3 is 1.79 bits per heavy atom. The normalized spacial score (nSPS) is 23.8. The molecule has 33 heteroatoms. The second-order valence-corrected chi connectivity index (χ2v) is 28.7. The van der Waals surface area contributed by atoms with Crippen LogP contribution in [0.15, 0.2) is 66.7 Å². The van der Waals surface area contributed by atoms with E-state index in [1.165, 1.54) is 57.7 Å². The molecule has 3 aromatic rings. The summed E-state index contributed by atoms with van der Waals surface area (Å²) >= 11 is 5.69. The fourth-order valence-electron chi connectivity index (χ4n) is 14.9. The zero-order valence-corrected chi connectivity index (χ0v) is 61.6. The number of carboxylic acids is 2. The van der Waals surface area contributed by atoms with Crippen LogP contribution in [0, 0.1) is 0 Å². The fourth-order valence-corrected chi connectivity index (χ4v) is 15.1. The van der Waals surface area contributed by atoms with E-state index in [0.29, 0.717) is 80.3 Å². The van der Waals surface area contributed by atoms with Gasteiger partial charge in [-0.2, -0.15) is 0 Å². The molecular weight excluding hydrogens is 1420 g/mol. The van der Waals surface area contributed by atoms with E-state index in [2.05, 4.69) is 31.9 Å². The van der Waals surface area contributed by atoms with E-state index in [1.54, 1.807) is 30.3 Å². The van der Waals surface area contributed by atoms with Crippen molar-refractivity contribution in [2.45, 2.75) is 209 Å². The second kappa shape index (κ2) is 37.9. The van der Waals surface area contributed by atoms with Gasteiger partial charge in [0.15, 0.2) is 10.7 Å². The van der Waals surface area contributed by atoms with Crippen molar-refractivity contribution in [2.24, 2.45) is 5.73 Å². The minimum atomic E-state index is -1.70. The van der Waals surface area contributed by atoms with Crippen LogP contribution in [0.1, 0.15) is 182 Å². The van der Waals surface area contributed by atoms with E-state index in [1.807, 2.05) is 12.2 Å². The van der Waals surface area contributed by atoms with Crippen molar-refractivity contribution >= 4 is 100.0 Å². The smallest absolute Gasteiger partial charge is 0.340 e. The average Bonchev–Trinajstić information content (AvgIpc) is 1.45. The van der Waals surface area contributed by atoms with Crippen LogP contribution in [0.5, 0.6) is 23.0 Å². The van der Waals surface area contributed by atoms with Crippen molar-refractivity contribution in [3.05, 3.63) is 89.0 Å². The third-order valence-electron chi connectivity index (χ3n) is 20.3. The predicted octanol–water partition coefficient (Wildman–Crippen LogP) is 3.39. The first kappa shape index (κ1) is 81.6. The number of hydrogen-bond acceptors (Lipinski definition) is 19. The highest BCUT2D eigenvalue weighted by molar-refractivity contribution is 7.80. The van der Waals surface area contributed by atoms with Crippen molar-refractivity contribution in [3.8, 4) is 23.0 Å². The molecule has 13 N–H and O–H groups in total. The molecular formula is C75H98N12O20S. The molecule has 6 aliphatic rings. The van der Waals surface area contributed by atoms with E-state index < -0.39 is 163 Å². The number of primary amides is 1. The number of carbonyl (C=O) groups excluding carboxylic acids is 11. The summed E-state index contributed by atoms with van der Waals surface area (Å²) in [6.07, 6.45) is 9.04. The minimum Gasteiger partial charge on any atom is -0.508 e. The molecule has 0 radical (unpaired) electrons. The first-order valence-electron chi connectivity index (χ1n) is 37.2. The van der Waals surface area contributed by atoms with Gasteiger partial charge in [0.25, 0.3) is 0 Å². The van der Waals surface area contributed by atoms with Gasteiger partial charge in [-0.05, 0) is 158 Å². The van der Waals surface area contributed by atoms with Gasteiger partial charge >= 0.3 is 17.9 Å². The lowest BCUT2D eigenvalue weighted by molar-refractivity contribution is -0.148. The molecule has 10 amide bonds. The van der Waals surface area contributed by atoms with Gasteiger partial charge in [-0.3, -0.25) is 57.5 Å². The summed E-state index contributed by atoms with van der Waals surface area (Å²) in [5.41, 5.74) is 6.15. The quantitative estimate of drug-likeness (QED) is 0.0449. The Labute approximate surface area is 630 Å². The SMILES string of the molecule is C[C@@H]1NC(=O)[C@H]([C@@H](C)O)NC(=O)[C@@H]2CCCN2C(=O)[C@H](CCC(=O)O)NC(=O)CN(C(=O)CCCCNC(=S)Nc2ccc3c(c2)C2(OC3=O)c3ccc(O)cc3Oc3cc(O)ccc32)CC/C=C\CCCCCCCCCN(CC(N)=O)C(=O)[C@H](CCC(=O)O)NC(=O)[C@@H]2CCCN2C(=O)[C@@H]2CCCN2C1=O. The molecule has 584 valence electrons. The van der Waals surface area contributed by atoms with E-state index in [9.17, 15) is 87.9 Å². The number of aromatic hydroxyl groups is 2. The molecule has 0 aromatic heterocycles. The number of carboxylic acid groups (broad SMARTS) is 2. The Hall–Kier alpha value is -10.4. The molecule has 6 heterocycles. The number of ether oxygens (including phenoxy) is 2. The molecule has 3 saturated heterocycles. The number of phenols is 2. The number of aliphatic carboxylic acids is 2. The van der Waals surface area contributed by atoms with E-state index in [0.717, 1.165) is 37.0 Å². The number of fused-ring (bicyclic) bond motifs is 9. The maximum absolute atomic E-state index is 14.6. The number of nitrogens with zero attached hydrogens (tertiary/aromatic N) is 5. The number of nitrogens with two attached hydrogens (primary N) is 1. The summed E-state index contributed by atoms with van der Waals surface area (Å²) in [6.45, 7) is 2.18. The highest BCUT2D eigenvalue weighted by Gasteiger charge is 2.54. The van der Waals surface area contributed by atoms with Gasteiger partial charge in [-0.25, -0.2) is 4.79 Å². The molecule has 108 heavy (non-hydrogen) atoms. The summed E-state index contributed by atoms with van der Waals surface area (Å²) in [7, 11) is 0. The van der Waals surface area contributed by atoms with Crippen molar-refractivity contribution < 1.29 is 97.3 Å². The molecule has 3 aromatic carbocycles. The first-order chi connectivity index (χ1) is 51.6. The topological polar surface area (TPSA) is 456 Å². The third kappa shape index (κ3) is 20.6.